The first kappa shape index (κ1) is 19.0. The van der Waals surface area contributed by atoms with Gasteiger partial charge in [0.2, 0.25) is 5.88 Å². The number of hydrogen-bond donors (Lipinski definition) is 0. The Balaban J connectivity index is 1.25. The van der Waals surface area contributed by atoms with Gasteiger partial charge in [-0.3, -0.25) is 9.20 Å². The average molecular weight is 415 g/mol. The number of ether oxygens (including phenoxy) is 2. The van der Waals surface area contributed by atoms with Gasteiger partial charge in [0.05, 0.1) is 6.04 Å². The molecule has 0 bridgehead atoms. The molecule has 31 heavy (non-hydrogen) atoms. The third kappa shape index (κ3) is 4.05. The van der Waals surface area contributed by atoms with Crippen LogP contribution in [-0.4, -0.2) is 43.5 Å². The van der Waals surface area contributed by atoms with Gasteiger partial charge in [-0.15, -0.1) is 10.2 Å². The van der Waals surface area contributed by atoms with Gasteiger partial charge < -0.3 is 14.4 Å². The van der Waals surface area contributed by atoms with Gasteiger partial charge in [-0.25, -0.2) is 4.98 Å². The average Bonchev–Trinajstić information content (AvgIpc) is 3.45. The summed E-state index contributed by atoms with van der Waals surface area (Å²) in [6.07, 6.45) is 5.37. The molecule has 4 aromatic rings. The van der Waals surface area contributed by atoms with E-state index in [1.54, 1.807) is 24.4 Å². The predicted molar refractivity (Wildman–Crippen MR) is 113 cm³/mol. The predicted octanol–water partition coefficient (Wildman–Crippen LogP) is 3.66. The normalized spacial score (nSPS) is 15.9. The SMILES string of the molecule is O=C(COc1cccc(Oc2ccccn2)c1)N1CCC[C@H]1c1nnc2ccccn12. The highest BCUT2D eigenvalue weighted by molar-refractivity contribution is 5.78. The summed E-state index contributed by atoms with van der Waals surface area (Å²) >= 11 is 0. The van der Waals surface area contributed by atoms with Crippen molar-refractivity contribution in [1.29, 1.82) is 0 Å². The number of hydrogen-bond acceptors (Lipinski definition) is 6. The van der Waals surface area contributed by atoms with Gasteiger partial charge in [0, 0.05) is 31.1 Å². The summed E-state index contributed by atoms with van der Waals surface area (Å²) < 4.78 is 13.4. The number of likely N-dealkylation sites (tertiary alicyclic amines) is 1. The molecule has 0 saturated carbocycles. The molecule has 0 unspecified atom stereocenters. The number of aromatic nitrogens is 4. The zero-order valence-corrected chi connectivity index (χ0v) is 16.8. The highest BCUT2D eigenvalue weighted by atomic mass is 16.5. The van der Waals surface area contributed by atoms with Crippen molar-refractivity contribution >= 4 is 11.6 Å². The molecule has 1 fully saturated rings. The van der Waals surface area contributed by atoms with E-state index in [4.69, 9.17) is 9.47 Å². The van der Waals surface area contributed by atoms with E-state index in [0.717, 1.165) is 24.3 Å². The fourth-order valence-corrected chi connectivity index (χ4v) is 3.80. The summed E-state index contributed by atoms with van der Waals surface area (Å²) in [5.41, 5.74) is 0.776. The third-order valence-corrected chi connectivity index (χ3v) is 5.24. The van der Waals surface area contributed by atoms with Crippen LogP contribution in [0.5, 0.6) is 17.4 Å². The zero-order chi connectivity index (χ0) is 21.0. The van der Waals surface area contributed by atoms with Crippen molar-refractivity contribution in [3.63, 3.8) is 0 Å². The Morgan fingerprint density at radius 1 is 1.03 bits per heavy atom. The number of rotatable bonds is 6. The highest BCUT2D eigenvalue weighted by Gasteiger charge is 2.33. The second-order valence-electron chi connectivity index (χ2n) is 7.27. The Morgan fingerprint density at radius 2 is 1.94 bits per heavy atom. The molecular weight excluding hydrogens is 394 g/mol. The molecule has 0 aliphatic carbocycles. The number of benzene rings is 1. The summed E-state index contributed by atoms with van der Waals surface area (Å²) in [4.78, 5) is 18.9. The summed E-state index contributed by atoms with van der Waals surface area (Å²) in [5, 5.41) is 8.55. The number of fused-ring (bicyclic) bond motifs is 1. The molecule has 8 heteroatoms. The Labute approximate surface area is 179 Å². The van der Waals surface area contributed by atoms with Crippen molar-refractivity contribution in [2.24, 2.45) is 0 Å². The van der Waals surface area contributed by atoms with Crippen molar-refractivity contribution < 1.29 is 14.3 Å². The molecule has 1 aliphatic rings. The lowest BCUT2D eigenvalue weighted by Crippen LogP contribution is -2.35. The molecule has 1 atom stereocenters. The molecule has 1 amide bonds. The van der Waals surface area contributed by atoms with Crippen molar-refractivity contribution in [2.45, 2.75) is 18.9 Å². The molecule has 4 heterocycles. The van der Waals surface area contributed by atoms with E-state index < -0.39 is 0 Å². The molecular formula is C23H21N5O3. The molecule has 1 saturated heterocycles. The molecule has 0 radical (unpaired) electrons. The minimum Gasteiger partial charge on any atom is -0.484 e. The van der Waals surface area contributed by atoms with E-state index in [0.29, 0.717) is 23.9 Å². The molecule has 0 spiro atoms. The van der Waals surface area contributed by atoms with Gasteiger partial charge in [0.15, 0.2) is 18.1 Å². The third-order valence-electron chi connectivity index (χ3n) is 5.24. The molecule has 156 valence electrons. The Kier molecular flexibility index (Phi) is 5.18. The molecule has 0 N–H and O–H groups in total. The standard InChI is InChI=1S/C23H21N5O3/c29-22(16-30-17-7-5-8-18(15-17)31-21-11-1-3-12-24-21)27-14-6-9-19(27)23-26-25-20-10-2-4-13-28(20)23/h1-5,7-8,10-13,15,19H,6,9,14,16H2/t19-/m0/s1. The van der Waals surface area contributed by atoms with Crippen molar-refractivity contribution in [3.8, 4) is 17.4 Å². The molecule has 8 nitrogen and oxygen atoms in total. The Morgan fingerprint density at radius 3 is 2.84 bits per heavy atom. The van der Waals surface area contributed by atoms with Crippen LogP contribution < -0.4 is 9.47 Å². The first-order chi connectivity index (χ1) is 15.3. The van der Waals surface area contributed by atoms with Crippen molar-refractivity contribution in [1.82, 2.24) is 24.5 Å². The van der Waals surface area contributed by atoms with Gasteiger partial charge in [-0.2, -0.15) is 0 Å². The summed E-state index contributed by atoms with van der Waals surface area (Å²) in [7, 11) is 0. The number of pyridine rings is 2. The van der Waals surface area contributed by atoms with Gasteiger partial charge in [0.25, 0.3) is 5.91 Å². The molecule has 3 aromatic heterocycles. The van der Waals surface area contributed by atoms with Crippen LogP contribution in [0.2, 0.25) is 0 Å². The van der Waals surface area contributed by atoms with E-state index >= 15 is 0 Å². The molecule has 1 aliphatic heterocycles. The monoisotopic (exact) mass is 415 g/mol. The lowest BCUT2D eigenvalue weighted by Gasteiger charge is -2.23. The van der Waals surface area contributed by atoms with Crippen LogP contribution in [-0.2, 0) is 4.79 Å². The van der Waals surface area contributed by atoms with E-state index in [1.807, 2.05) is 58.0 Å². The second kappa shape index (κ2) is 8.43. The van der Waals surface area contributed by atoms with Crippen LogP contribution in [0.25, 0.3) is 5.65 Å². The maximum Gasteiger partial charge on any atom is 0.261 e. The Bertz CT molecular complexity index is 1190. The lowest BCUT2D eigenvalue weighted by molar-refractivity contribution is -0.134. The summed E-state index contributed by atoms with van der Waals surface area (Å²) in [6, 6.07) is 18.3. The number of carbonyl (C=O) groups excluding carboxylic acids is 1. The maximum atomic E-state index is 12.9. The summed E-state index contributed by atoms with van der Waals surface area (Å²) in [5.74, 6) is 2.36. The lowest BCUT2D eigenvalue weighted by atomic mass is 10.2. The van der Waals surface area contributed by atoms with Crippen LogP contribution in [0.4, 0.5) is 0 Å². The van der Waals surface area contributed by atoms with Crippen molar-refractivity contribution in [3.05, 3.63) is 78.9 Å². The quantitative estimate of drug-likeness (QED) is 0.478. The number of nitrogens with zero attached hydrogens (tertiary/aromatic N) is 5. The van der Waals surface area contributed by atoms with Gasteiger partial charge >= 0.3 is 0 Å². The van der Waals surface area contributed by atoms with Gasteiger partial charge in [-0.05, 0) is 43.2 Å². The largest absolute Gasteiger partial charge is 0.484 e. The van der Waals surface area contributed by atoms with Crippen molar-refractivity contribution in [2.75, 3.05) is 13.2 Å². The first-order valence-electron chi connectivity index (χ1n) is 10.2. The van der Waals surface area contributed by atoms with E-state index in [9.17, 15) is 4.79 Å². The number of amides is 1. The molecule has 5 rings (SSSR count). The fraction of sp³-hybridized carbons (Fsp3) is 0.217. The van der Waals surface area contributed by atoms with Crippen LogP contribution in [0, 0.1) is 0 Å². The zero-order valence-electron chi connectivity index (χ0n) is 16.8. The topological polar surface area (TPSA) is 81.9 Å². The fourth-order valence-electron chi connectivity index (χ4n) is 3.80. The van der Waals surface area contributed by atoms with Crippen LogP contribution in [0.3, 0.4) is 0 Å². The molecule has 1 aromatic carbocycles. The van der Waals surface area contributed by atoms with Gasteiger partial charge in [0.1, 0.15) is 11.5 Å². The van der Waals surface area contributed by atoms with E-state index in [-0.39, 0.29) is 18.6 Å². The minimum absolute atomic E-state index is 0.0553. The maximum absolute atomic E-state index is 12.9. The van der Waals surface area contributed by atoms with Crippen LogP contribution in [0.1, 0.15) is 24.7 Å². The second-order valence-corrected chi connectivity index (χ2v) is 7.27. The van der Waals surface area contributed by atoms with Crippen LogP contribution >= 0.6 is 0 Å². The Hall–Kier alpha value is -3.94. The van der Waals surface area contributed by atoms with Crippen LogP contribution in [0.15, 0.2) is 73.1 Å². The first-order valence-corrected chi connectivity index (χ1v) is 10.2. The highest BCUT2D eigenvalue weighted by Crippen LogP contribution is 2.31. The van der Waals surface area contributed by atoms with E-state index in [2.05, 4.69) is 15.2 Å². The summed E-state index contributed by atoms with van der Waals surface area (Å²) in [6.45, 7) is 0.623. The van der Waals surface area contributed by atoms with E-state index in [1.165, 1.54) is 0 Å². The smallest absolute Gasteiger partial charge is 0.261 e. The van der Waals surface area contributed by atoms with Gasteiger partial charge in [-0.1, -0.05) is 18.2 Å². The minimum atomic E-state index is -0.104. The number of carbonyl (C=O) groups is 1.